The van der Waals surface area contributed by atoms with E-state index in [0.29, 0.717) is 41.6 Å². The van der Waals surface area contributed by atoms with E-state index in [9.17, 15) is 14.7 Å². The number of nitrogens with zero attached hydrogens (tertiary/aromatic N) is 5. The topological polar surface area (TPSA) is 133 Å². The number of nitrogens with one attached hydrogen (secondary N) is 1. The van der Waals surface area contributed by atoms with Gasteiger partial charge in [0.2, 0.25) is 5.70 Å². The largest absolute Gasteiger partial charge is 0.465 e. The maximum Gasteiger partial charge on any atom is 0.407 e. The van der Waals surface area contributed by atoms with Gasteiger partial charge in [-0.25, -0.2) is 9.78 Å². The summed E-state index contributed by atoms with van der Waals surface area (Å²) in [6.45, 7) is 0.458. The second-order valence-corrected chi connectivity index (χ2v) is 7.94. The lowest BCUT2D eigenvalue weighted by Crippen LogP contribution is -2.53. The van der Waals surface area contributed by atoms with Gasteiger partial charge in [0, 0.05) is 18.3 Å². The third-order valence-corrected chi connectivity index (χ3v) is 5.95. The van der Waals surface area contributed by atoms with Gasteiger partial charge in [0.25, 0.3) is 11.7 Å². The number of anilines is 1. The number of hydrogen-bond acceptors (Lipinski definition) is 6. The molecule has 5 rings (SSSR count). The molecule has 3 aliphatic rings. The highest BCUT2D eigenvalue weighted by molar-refractivity contribution is 6.05. The zero-order valence-electron chi connectivity index (χ0n) is 17.6. The van der Waals surface area contributed by atoms with E-state index < -0.39 is 6.09 Å². The lowest BCUT2D eigenvalue weighted by atomic mass is 10.1. The van der Waals surface area contributed by atoms with Gasteiger partial charge in [-0.05, 0) is 49.2 Å². The van der Waals surface area contributed by atoms with Crippen LogP contribution in [0.25, 0.3) is 0 Å². The molecule has 2 amide bonds. The van der Waals surface area contributed by atoms with Crippen LogP contribution in [-0.4, -0.2) is 56.2 Å². The number of carbonyl (C=O) groups excluding carboxylic acids is 1. The van der Waals surface area contributed by atoms with Crippen LogP contribution in [0.15, 0.2) is 82.4 Å². The van der Waals surface area contributed by atoms with Crippen molar-refractivity contribution in [1.82, 2.24) is 9.88 Å². The van der Waals surface area contributed by atoms with Gasteiger partial charge in [-0.2, -0.15) is 10.8 Å². The molecule has 166 valence electrons. The van der Waals surface area contributed by atoms with Gasteiger partial charge in [-0.1, -0.05) is 6.07 Å². The summed E-state index contributed by atoms with van der Waals surface area (Å²) in [4.78, 5) is 38.8. The summed E-state index contributed by atoms with van der Waals surface area (Å²) in [7, 11) is 0. The number of fused-ring (bicyclic) bond motifs is 1. The van der Waals surface area contributed by atoms with Crippen molar-refractivity contribution in [2.24, 2.45) is 15.8 Å². The molecule has 0 bridgehead atoms. The average Bonchev–Trinajstić information content (AvgIpc) is 3.42. The average molecular weight is 444 g/mol. The molecule has 3 aliphatic heterocycles. The van der Waals surface area contributed by atoms with Crippen molar-refractivity contribution in [2.75, 3.05) is 11.9 Å². The Morgan fingerprint density at radius 1 is 1.18 bits per heavy atom. The normalized spacial score (nSPS) is 23.5. The molecule has 4 N–H and O–H groups in total. The van der Waals surface area contributed by atoms with Crippen LogP contribution in [0.2, 0.25) is 0 Å². The van der Waals surface area contributed by atoms with Crippen molar-refractivity contribution in [3.63, 3.8) is 0 Å². The quantitative estimate of drug-likeness (QED) is 0.493. The van der Waals surface area contributed by atoms with Gasteiger partial charge in [0.1, 0.15) is 17.7 Å². The molecule has 2 aromatic rings. The molecule has 1 saturated heterocycles. The number of benzene rings is 1. The Kier molecular flexibility index (Phi) is 5.08. The first-order valence-electron chi connectivity index (χ1n) is 10.5. The summed E-state index contributed by atoms with van der Waals surface area (Å²) in [6.07, 6.45) is 7.01. The molecule has 0 aliphatic carbocycles. The number of aromatic nitrogens is 1. The molecule has 0 radical (unpaired) electrons. The highest BCUT2D eigenvalue weighted by Gasteiger charge is 2.48. The molecule has 10 heteroatoms. The molecule has 2 unspecified atom stereocenters. The summed E-state index contributed by atoms with van der Waals surface area (Å²) in [6, 6.07) is 11.9. The number of carboxylic acid groups (broad SMARTS) is 1. The van der Waals surface area contributed by atoms with E-state index in [1.807, 2.05) is 0 Å². The Hall–Kier alpha value is -4.15. The lowest BCUT2D eigenvalue weighted by Gasteiger charge is -2.27. The zero-order chi connectivity index (χ0) is 23.0. The van der Waals surface area contributed by atoms with Crippen LogP contribution in [0.4, 0.5) is 10.6 Å². The summed E-state index contributed by atoms with van der Waals surface area (Å²) in [5, 5.41) is 12.4. The molecule has 1 fully saturated rings. The maximum atomic E-state index is 12.6. The van der Waals surface area contributed by atoms with Crippen LogP contribution in [-0.2, 0) is 0 Å². The van der Waals surface area contributed by atoms with Crippen molar-refractivity contribution < 1.29 is 19.3 Å². The predicted octanol–water partition coefficient (Wildman–Crippen LogP) is 2.69. The molecule has 1 aromatic heterocycles. The first-order valence-corrected chi connectivity index (χ1v) is 10.5. The van der Waals surface area contributed by atoms with Crippen LogP contribution in [0.3, 0.4) is 0 Å². The van der Waals surface area contributed by atoms with E-state index in [4.69, 9.17) is 10.8 Å². The van der Waals surface area contributed by atoms with E-state index >= 15 is 0 Å². The third kappa shape index (κ3) is 3.60. The van der Waals surface area contributed by atoms with Crippen LogP contribution in [0.5, 0.6) is 0 Å². The number of amides is 2. The molecule has 0 spiro atoms. The minimum Gasteiger partial charge on any atom is -0.465 e. The first-order chi connectivity index (χ1) is 16.0. The Morgan fingerprint density at radius 2 is 2.00 bits per heavy atom. The maximum absolute atomic E-state index is 12.6. The highest BCUT2D eigenvalue weighted by Crippen LogP contribution is 2.36. The van der Waals surface area contributed by atoms with E-state index in [0.717, 1.165) is 12.0 Å². The van der Waals surface area contributed by atoms with Crippen LogP contribution in [0.1, 0.15) is 28.8 Å². The monoisotopic (exact) mass is 444 g/mol. The molecule has 33 heavy (non-hydrogen) atoms. The number of nitrogens with two attached hydrogens (primary N) is 1. The van der Waals surface area contributed by atoms with E-state index in [2.05, 4.69) is 15.3 Å². The van der Waals surface area contributed by atoms with Crippen LogP contribution in [0, 0.1) is 0 Å². The summed E-state index contributed by atoms with van der Waals surface area (Å²) < 4.78 is -0.206. The summed E-state index contributed by atoms with van der Waals surface area (Å²) in [5.74, 6) is 7.46. The fourth-order valence-corrected chi connectivity index (χ4v) is 4.33. The molecule has 4 heterocycles. The van der Waals surface area contributed by atoms with Crippen molar-refractivity contribution in [3.05, 3.63) is 83.6 Å². The Balaban J connectivity index is 1.45. The number of hydrogen-bond donors (Lipinski definition) is 3. The molecule has 0 saturated carbocycles. The van der Waals surface area contributed by atoms with Gasteiger partial charge in [-0.3, -0.25) is 14.7 Å². The SMILES string of the molecule is N[N+]12C=CN=CC1=C(C1CCCN1C(=O)O)N=C2c1ccc(C(=O)Nc2ccccn2)cc1. The summed E-state index contributed by atoms with van der Waals surface area (Å²) >= 11 is 0. The molecular formula is C23H22N7O3+. The van der Waals surface area contributed by atoms with Gasteiger partial charge < -0.3 is 10.4 Å². The second-order valence-electron chi connectivity index (χ2n) is 7.94. The zero-order valence-corrected chi connectivity index (χ0v) is 17.6. The Morgan fingerprint density at radius 3 is 2.73 bits per heavy atom. The minimum absolute atomic E-state index is 0.206. The fraction of sp³-hybridized carbons (Fsp3) is 0.174. The number of rotatable bonds is 4. The smallest absolute Gasteiger partial charge is 0.407 e. The van der Waals surface area contributed by atoms with Crippen molar-refractivity contribution in [2.45, 2.75) is 18.9 Å². The number of quaternary nitrogens is 1. The summed E-state index contributed by atoms with van der Waals surface area (Å²) in [5.41, 5.74) is 2.43. The lowest BCUT2D eigenvalue weighted by molar-refractivity contribution is -0.750. The molecule has 2 atom stereocenters. The third-order valence-electron chi connectivity index (χ3n) is 5.95. The second kappa shape index (κ2) is 8.08. The van der Waals surface area contributed by atoms with Crippen LogP contribution >= 0.6 is 0 Å². The van der Waals surface area contributed by atoms with Gasteiger partial charge in [0.05, 0.1) is 24.0 Å². The van der Waals surface area contributed by atoms with E-state index in [-0.39, 0.29) is 16.5 Å². The fourth-order valence-electron chi connectivity index (χ4n) is 4.33. The minimum atomic E-state index is -0.976. The number of carbonyl (C=O) groups is 2. The predicted molar refractivity (Wildman–Crippen MR) is 122 cm³/mol. The van der Waals surface area contributed by atoms with E-state index in [1.165, 1.54) is 4.90 Å². The number of aliphatic imine (C=N–C) groups is 2. The first kappa shape index (κ1) is 20.7. The van der Waals surface area contributed by atoms with Crippen molar-refractivity contribution >= 4 is 29.9 Å². The molecule has 1 aromatic carbocycles. The van der Waals surface area contributed by atoms with Gasteiger partial charge >= 0.3 is 6.09 Å². The van der Waals surface area contributed by atoms with E-state index in [1.54, 1.807) is 67.3 Å². The van der Waals surface area contributed by atoms with Gasteiger partial charge in [-0.15, -0.1) is 4.59 Å². The number of likely N-dealkylation sites (tertiary alicyclic amines) is 1. The number of pyridine rings is 1. The van der Waals surface area contributed by atoms with Crippen molar-refractivity contribution in [1.29, 1.82) is 0 Å². The Labute approximate surface area is 189 Å². The Bertz CT molecular complexity index is 1230. The number of allylic oxidation sites excluding steroid dienone is 1. The number of amidine groups is 1. The van der Waals surface area contributed by atoms with Gasteiger partial charge in [0.15, 0.2) is 0 Å². The van der Waals surface area contributed by atoms with Crippen molar-refractivity contribution in [3.8, 4) is 0 Å². The molecule has 10 nitrogen and oxygen atoms in total. The van der Waals surface area contributed by atoms with Crippen LogP contribution < -0.4 is 11.2 Å². The molecular weight excluding hydrogens is 422 g/mol. The standard InChI is InChI=1S/C23H21N7O3/c24-30-13-11-25-14-18(30)20(17-4-3-12-29(17)23(32)33)28-21(30)15-6-8-16(9-7-15)22(31)27-19-5-1-2-10-26-19/h1-2,5-11,13-14,17H,3-4,12,24H2,(H-,26,27,31,32,33)/p+1. The highest BCUT2D eigenvalue weighted by atomic mass is 16.4.